The van der Waals surface area contributed by atoms with E-state index in [1.165, 1.54) is 11.8 Å². The molecule has 0 radical (unpaired) electrons. The van der Waals surface area contributed by atoms with Crippen molar-refractivity contribution in [3.63, 3.8) is 0 Å². The molecule has 0 atom stereocenters. The van der Waals surface area contributed by atoms with Crippen LogP contribution in [0.1, 0.15) is 31.8 Å². The number of rotatable bonds is 7. The molecule has 0 aromatic carbocycles. The SMILES string of the molecule is CCCNc1cc(C)nc(CSc2n[nH]c(=O)n2CC)n1. The Morgan fingerprint density at radius 3 is 2.90 bits per heavy atom. The first-order valence-electron chi connectivity index (χ1n) is 7.00. The predicted octanol–water partition coefficient (Wildman–Crippen LogP) is 1.80. The first-order chi connectivity index (χ1) is 10.1. The van der Waals surface area contributed by atoms with Gasteiger partial charge in [0.1, 0.15) is 11.6 Å². The largest absolute Gasteiger partial charge is 0.370 e. The van der Waals surface area contributed by atoms with Crippen molar-refractivity contribution in [1.82, 2.24) is 24.7 Å². The van der Waals surface area contributed by atoms with Crippen molar-refractivity contribution in [1.29, 1.82) is 0 Å². The zero-order chi connectivity index (χ0) is 15.2. The summed E-state index contributed by atoms with van der Waals surface area (Å²) >= 11 is 1.45. The summed E-state index contributed by atoms with van der Waals surface area (Å²) in [5, 5.41) is 10.4. The Morgan fingerprint density at radius 1 is 1.38 bits per heavy atom. The van der Waals surface area contributed by atoms with E-state index < -0.39 is 0 Å². The van der Waals surface area contributed by atoms with E-state index in [0.29, 0.717) is 17.5 Å². The van der Waals surface area contributed by atoms with Gasteiger partial charge in [0, 0.05) is 24.8 Å². The Balaban J connectivity index is 2.08. The van der Waals surface area contributed by atoms with Gasteiger partial charge in [-0.2, -0.15) is 0 Å². The minimum atomic E-state index is -0.185. The monoisotopic (exact) mass is 308 g/mol. The molecule has 0 spiro atoms. The van der Waals surface area contributed by atoms with Crippen LogP contribution in [0.5, 0.6) is 0 Å². The molecular weight excluding hydrogens is 288 g/mol. The first-order valence-corrected chi connectivity index (χ1v) is 7.99. The second-order valence-corrected chi connectivity index (χ2v) is 5.52. The maximum absolute atomic E-state index is 11.5. The van der Waals surface area contributed by atoms with Gasteiger partial charge in [0.05, 0.1) is 5.75 Å². The minimum Gasteiger partial charge on any atom is -0.370 e. The fourth-order valence-electron chi connectivity index (χ4n) is 1.86. The lowest BCUT2D eigenvalue weighted by Gasteiger charge is -2.07. The summed E-state index contributed by atoms with van der Waals surface area (Å²) in [4.78, 5) is 20.4. The maximum atomic E-state index is 11.5. The van der Waals surface area contributed by atoms with Gasteiger partial charge in [0.25, 0.3) is 0 Å². The number of hydrogen-bond donors (Lipinski definition) is 2. The van der Waals surface area contributed by atoms with E-state index in [2.05, 4.69) is 32.4 Å². The lowest BCUT2D eigenvalue weighted by atomic mass is 10.4. The molecule has 2 N–H and O–H groups in total. The Kier molecular flexibility index (Phi) is 5.38. The summed E-state index contributed by atoms with van der Waals surface area (Å²) in [6, 6.07) is 1.93. The van der Waals surface area contributed by atoms with Crippen molar-refractivity contribution < 1.29 is 0 Å². The summed E-state index contributed by atoms with van der Waals surface area (Å²) in [6.45, 7) is 7.45. The van der Waals surface area contributed by atoms with Crippen LogP contribution in [-0.2, 0) is 12.3 Å². The highest BCUT2D eigenvalue weighted by atomic mass is 32.2. The van der Waals surface area contributed by atoms with Crippen molar-refractivity contribution in [2.24, 2.45) is 0 Å². The highest BCUT2D eigenvalue weighted by Gasteiger charge is 2.09. The fraction of sp³-hybridized carbons (Fsp3) is 0.538. The summed E-state index contributed by atoms with van der Waals surface area (Å²) in [6.07, 6.45) is 1.04. The molecule has 8 heteroatoms. The van der Waals surface area contributed by atoms with Crippen molar-refractivity contribution in [2.45, 2.75) is 44.6 Å². The van der Waals surface area contributed by atoms with Gasteiger partial charge in [-0.3, -0.25) is 4.57 Å². The zero-order valence-electron chi connectivity index (χ0n) is 12.5. The van der Waals surface area contributed by atoms with Gasteiger partial charge in [-0.05, 0) is 20.3 Å². The molecular formula is C13H20N6OS. The number of anilines is 1. The molecule has 0 saturated carbocycles. The predicted molar refractivity (Wildman–Crippen MR) is 83.6 cm³/mol. The molecule has 0 aliphatic carbocycles. The minimum absolute atomic E-state index is 0.185. The fourth-order valence-corrected chi connectivity index (χ4v) is 2.72. The van der Waals surface area contributed by atoms with E-state index in [1.54, 1.807) is 4.57 Å². The highest BCUT2D eigenvalue weighted by Crippen LogP contribution is 2.18. The van der Waals surface area contributed by atoms with Gasteiger partial charge in [0.2, 0.25) is 0 Å². The van der Waals surface area contributed by atoms with E-state index in [9.17, 15) is 4.79 Å². The van der Waals surface area contributed by atoms with E-state index in [1.807, 2.05) is 19.9 Å². The number of nitrogens with zero attached hydrogens (tertiary/aromatic N) is 4. The van der Waals surface area contributed by atoms with Gasteiger partial charge in [-0.25, -0.2) is 19.9 Å². The Hall–Kier alpha value is -1.83. The standard InChI is InChI=1S/C13H20N6OS/c1-4-6-14-10-7-9(3)15-11(16-10)8-21-13-18-17-12(20)19(13)5-2/h7H,4-6,8H2,1-3H3,(H,17,20)(H,14,15,16). The van der Waals surface area contributed by atoms with Gasteiger partial charge in [-0.1, -0.05) is 18.7 Å². The average molecular weight is 308 g/mol. The molecule has 0 aliphatic rings. The molecule has 2 aromatic heterocycles. The number of aromatic nitrogens is 5. The summed E-state index contributed by atoms with van der Waals surface area (Å²) in [5.74, 6) is 2.15. The van der Waals surface area contributed by atoms with Crippen LogP contribution >= 0.6 is 11.8 Å². The van der Waals surface area contributed by atoms with E-state index in [-0.39, 0.29) is 5.69 Å². The van der Waals surface area contributed by atoms with Crippen LogP contribution in [-0.4, -0.2) is 31.3 Å². The number of aryl methyl sites for hydroxylation is 1. The van der Waals surface area contributed by atoms with Crippen LogP contribution in [0.15, 0.2) is 16.0 Å². The number of H-pyrrole nitrogens is 1. The Bertz CT molecular complexity index is 650. The van der Waals surface area contributed by atoms with Gasteiger partial charge < -0.3 is 5.32 Å². The summed E-state index contributed by atoms with van der Waals surface area (Å²) in [7, 11) is 0. The van der Waals surface area contributed by atoms with E-state index >= 15 is 0 Å². The second-order valence-electron chi connectivity index (χ2n) is 4.58. The molecule has 0 unspecified atom stereocenters. The first kappa shape index (κ1) is 15.6. The zero-order valence-corrected chi connectivity index (χ0v) is 13.3. The maximum Gasteiger partial charge on any atom is 0.343 e. The van der Waals surface area contributed by atoms with Crippen LogP contribution in [0.3, 0.4) is 0 Å². The number of nitrogens with one attached hydrogen (secondary N) is 2. The Morgan fingerprint density at radius 2 is 2.19 bits per heavy atom. The van der Waals surface area contributed by atoms with Crippen LogP contribution in [0.2, 0.25) is 0 Å². The molecule has 0 fully saturated rings. The molecule has 0 aliphatic heterocycles. The lowest BCUT2D eigenvalue weighted by Crippen LogP contribution is -2.16. The topological polar surface area (TPSA) is 88.5 Å². The molecule has 21 heavy (non-hydrogen) atoms. The quantitative estimate of drug-likeness (QED) is 0.758. The average Bonchev–Trinajstić information content (AvgIpc) is 2.82. The van der Waals surface area contributed by atoms with Crippen LogP contribution in [0.25, 0.3) is 0 Å². The van der Waals surface area contributed by atoms with Crippen molar-refractivity contribution in [3.8, 4) is 0 Å². The molecule has 2 aromatic rings. The van der Waals surface area contributed by atoms with Gasteiger partial charge in [-0.15, -0.1) is 5.10 Å². The van der Waals surface area contributed by atoms with Gasteiger partial charge in [0.15, 0.2) is 5.16 Å². The van der Waals surface area contributed by atoms with Gasteiger partial charge >= 0.3 is 5.69 Å². The van der Waals surface area contributed by atoms with Crippen LogP contribution in [0.4, 0.5) is 5.82 Å². The third-order valence-corrected chi connectivity index (χ3v) is 3.80. The third-order valence-electron chi connectivity index (χ3n) is 2.83. The summed E-state index contributed by atoms with van der Waals surface area (Å²) in [5.41, 5.74) is 0.740. The van der Waals surface area contributed by atoms with Crippen LogP contribution in [0, 0.1) is 6.92 Å². The third kappa shape index (κ3) is 4.07. The molecule has 7 nitrogen and oxygen atoms in total. The van der Waals surface area contributed by atoms with E-state index in [4.69, 9.17) is 0 Å². The number of hydrogen-bond acceptors (Lipinski definition) is 6. The number of thioether (sulfide) groups is 1. The van der Waals surface area contributed by atoms with Crippen molar-refractivity contribution >= 4 is 17.6 Å². The molecule has 0 bridgehead atoms. The molecule has 0 amide bonds. The van der Waals surface area contributed by atoms with Crippen molar-refractivity contribution in [2.75, 3.05) is 11.9 Å². The van der Waals surface area contributed by atoms with E-state index in [0.717, 1.165) is 30.3 Å². The second kappa shape index (κ2) is 7.26. The molecule has 2 heterocycles. The van der Waals surface area contributed by atoms with Crippen LogP contribution < -0.4 is 11.0 Å². The number of aromatic amines is 1. The van der Waals surface area contributed by atoms with Crippen molar-refractivity contribution in [3.05, 3.63) is 28.1 Å². The summed E-state index contributed by atoms with van der Waals surface area (Å²) < 4.78 is 1.59. The molecule has 114 valence electrons. The lowest BCUT2D eigenvalue weighted by molar-refractivity contribution is 0.660. The molecule has 2 rings (SSSR count). The highest BCUT2D eigenvalue weighted by molar-refractivity contribution is 7.98. The molecule has 0 saturated heterocycles. The smallest absolute Gasteiger partial charge is 0.343 e. The Labute approximate surface area is 127 Å². The normalized spacial score (nSPS) is 10.8.